The molecule has 1 aliphatic carbocycles. The number of rotatable bonds is 2. The molecule has 0 bridgehead atoms. The predicted molar refractivity (Wildman–Crippen MR) is 52.9 cm³/mol. The number of ether oxygens (including phenoxy) is 1. The Morgan fingerprint density at radius 3 is 2.93 bits per heavy atom. The first kappa shape index (κ1) is 10.4. The number of aryl methyl sites for hydroxylation is 1. The monoisotopic (exact) mass is 213 g/mol. The molecule has 0 radical (unpaired) electrons. The summed E-state index contributed by atoms with van der Waals surface area (Å²) in [5, 5.41) is 0. The molecule has 1 atom stereocenters. The van der Waals surface area contributed by atoms with E-state index in [4.69, 9.17) is 5.73 Å². The first-order valence-corrected chi connectivity index (χ1v) is 5.00. The van der Waals surface area contributed by atoms with E-state index in [1.807, 2.05) is 6.07 Å². The summed E-state index contributed by atoms with van der Waals surface area (Å²) in [7, 11) is 0. The molecule has 1 aromatic carbocycles. The fourth-order valence-electron chi connectivity index (χ4n) is 1.99. The zero-order valence-corrected chi connectivity index (χ0v) is 8.25. The van der Waals surface area contributed by atoms with Crippen LogP contribution in [0.5, 0.6) is 5.75 Å². The van der Waals surface area contributed by atoms with Crippen molar-refractivity contribution in [1.29, 1.82) is 0 Å². The third-order valence-electron chi connectivity index (χ3n) is 2.70. The lowest BCUT2D eigenvalue weighted by molar-refractivity contribution is -0.0499. The van der Waals surface area contributed by atoms with Gasteiger partial charge in [-0.15, -0.1) is 0 Å². The van der Waals surface area contributed by atoms with E-state index in [1.165, 1.54) is 0 Å². The molecule has 0 spiro atoms. The van der Waals surface area contributed by atoms with Gasteiger partial charge in [-0.05, 0) is 42.5 Å². The van der Waals surface area contributed by atoms with Gasteiger partial charge in [-0.25, -0.2) is 0 Å². The minimum Gasteiger partial charge on any atom is -0.435 e. The smallest absolute Gasteiger partial charge is 0.387 e. The fraction of sp³-hybridized carbons (Fsp3) is 0.455. The van der Waals surface area contributed by atoms with Crippen LogP contribution in [0.4, 0.5) is 8.78 Å². The van der Waals surface area contributed by atoms with Crippen molar-refractivity contribution in [2.24, 2.45) is 5.73 Å². The molecule has 4 heteroatoms. The molecule has 2 N–H and O–H groups in total. The zero-order valence-electron chi connectivity index (χ0n) is 8.25. The molecule has 0 fully saturated rings. The Bertz CT molecular complexity index is 354. The highest BCUT2D eigenvalue weighted by atomic mass is 19.3. The van der Waals surface area contributed by atoms with Gasteiger partial charge in [0, 0.05) is 6.04 Å². The average molecular weight is 213 g/mol. The van der Waals surface area contributed by atoms with Crippen LogP contribution in [0.15, 0.2) is 18.2 Å². The summed E-state index contributed by atoms with van der Waals surface area (Å²) in [6.07, 6.45) is 2.94. The van der Waals surface area contributed by atoms with Gasteiger partial charge < -0.3 is 10.5 Å². The van der Waals surface area contributed by atoms with Crippen LogP contribution in [0.3, 0.4) is 0 Å². The maximum atomic E-state index is 12.0. The number of hydrogen-bond donors (Lipinski definition) is 1. The van der Waals surface area contributed by atoms with Crippen molar-refractivity contribution in [3.63, 3.8) is 0 Å². The van der Waals surface area contributed by atoms with Gasteiger partial charge in [0.25, 0.3) is 0 Å². The van der Waals surface area contributed by atoms with Crippen LogP contribution in [-0.2, 0) is 6.42 Å². The van der Waals surface area contributed by atoms with Gasteiger partial charge in [-0.2, -0.15) is 8.78 Å². The number of benzene rings is 1. The second-order valence-corrected chi connectivity index (χ2v) is 3.74. The molecule has 82 valence electrons. The van der Waals surface area contributed by atoms with E-state index in [1.54, 1.807) is 12.1 Å². The molecule has 0 saturated carbocycles. The molecule has 0 amide bonds. The summed E-state index contributed by atoms with van der Waals surface area (Å²) in [5.74, 6) is 0.195. The number of hydrogen-bond acceptors (Lipinski definition) is 2. The molecule has 2 nitrogen and oxygen atoms in total. The summed E-state index contributed by atoms with van der Waals surface area (Å²) in [6, 6.07) is 4.98. The zero-order chi connectivity index (χ0) is 10.8. The lowest BCUT2D eigenvalue weighted by Gasteiger charge is -2.22. The van der Waals surface area contributed by atoms with Crippen molar-refractivity contribution in [3.8, 4) is 5.75 Å². The molecule has 0 heterocycles. The van der Waals surface area contributed by atoms with Crippen LogP contribution >= 0.6 is 0 Å². The van der Waals surface area contributed by atoms with Gasteiger partial charge in [-0.1, -0.05) is 6.07 Å². The Balaban J connectivity index is 2.27. The third kappa shape index (κ3) is 2.26. The van der Waals surface area contributed by atoms with Gasteiger partial charge >= 0.3 is 6.61 Å². The van der Waals surface area contributed by atoms with Crippen molar-refractivity contribution >= 4 is 0 Å². The van der Waals surface area contributed by atoms with Crippen molar-refractivity contribution in [2.75, 3.05) is 0 Å². The molecule has 1 unspecified atom stereocenters. The highest BCUT2D eigenvalue weighted by molar-refractivity contribution is 5.39. The highest BCUT2D eigenvalue weighted by Crippen LogP contribution is 2.31. The average Bonchev–Trinajstić information content (AvgIpc) is 2.18. The predicted octanol–water partition coefficient (Wildman–Crippen LogP) is 2.62. The normalized spacial score (nSPS) is 20.1. The number of alkyl halides is 2. The number of nitrogens with two attached hydrogens (primary N) is 1. The third-order valence-corrected chi connectivity index (χ3v) is 2.70. The molecule has 15 heavy (non-hydrogen) atoms. The summed E-state index contributed by atoms with van der Waals surface area (Å²) in [5.41, 5.74) is 8.00. The molecule has 1 aliphatic rings. The number of halogens is 2. The largest absolute Gasteiger partial charge is 0.435 e. The second-order valence-electron chi connectivity index (χ2n) is 3.74. The first-order chi connectivity index (χ1) is 7.16. The Kier molecular flexibility index (Phi) is 2.86. The van der Waals surface area contributed by atoms with E-state index in [0.29, 0.717) is 0 Å². The molecule has 2 rings (SSSR count). The molecule has 1 aromatic rings. The minimum absolute atomic E-state index is 0.0463. The van der Waals surface area contributed by atoms with E-state index < -0.39 is 6.61 Å². The quantitative estimate of drug-likeness (QED) is 0.819. The maximum Gasteiger partial charge on any atom is 0.387 e. The van der Waals surface area contributed by atoms with Crippen LogP contribution in [0.1, 0.15) is 30.0 Å². The standard InChI is InChI=1S/C11H13F2NO/c12-11(13)15-8-5-4-7-2-1-3-10(14)9(7)6-8/h4-6,10-11H,1-3,14H2. The van der Waals surface area contributed by atoms with E-state index in [9.17, 15) is 8.78 Å². The van der Waals surface area contributed by atoms with Gasteiger partial charge in [0.2, 0.25) is 0 Å². The first-order valence-electron chi connectivity index (χ1n) is 5.00. The van der Waals surface area contributed by atoms with E-state index in [2.05, 4.69) is 4.74 Å². The molecular formula is C11H13F2NO. The molecule has 0 aromatic heterocycles. The van der Waals surface area contributed by atoms with Crippen molar-refractivity contribution < 1.29 is 13.5 Å². The summed E-state index contributed by atoms with van der Waals surface area (Å²) < 4.78 is 28.3. The van der Waals surface area contributed by atoms with Crippen LogP contribution in [0.2, 0.25) is 0 Å². The Labute approximate surface area is 87.0 Å². The Hall–Kier alpha value is -1.16. The van der Waals surface area contributed by atoms with Crippen LogP contribution in [0.25, 0.3) is 0 Å². The lowest BCUT2D eigenvalue weighted by atomic mass is 9.88. The molecule has 0 aliphatic heterocycles. The van der Waals surface area contributed by atoms with Gasteiger partial charge in [-0.3, -0.25) is 0 Å². The van der Waals surface area contributed by atoms with Gasteiger partial charge in [0.05, 0.1) is 0 Å². The molecular weight excluding hydrogens is 200 g/mol. The van der Waals surface area contributed by atoms with Crippen molar-refractivity contribution in [3.05, 3.63) is 29.3 Å². The minimum atomic E-state index is -2.78. The van der Waals surface area contributed by atoms with E-state index in [-0.39, 0.29) is 11.8 Å². The van der Waals surface area contributed by atoms with Crippen LogP contribution < -0.4 is 10.5 Å². The second kappa shape index (κ2) is 4.14. The highest BCUT2D eigenvalue weighted by Gasteiger charge is 2.17. The van der Waals surface area contributed by atoms with E-state index >= 15 is 0 Å². The Morgan fingerprint density at radius 1 is 1.40 bits per heavy atom. The fourth-order valence-corrected chi connectivity index (χ4v) is 1.99. The van der Waals surface area contributed by atoms with Gasteiger partial charge in [0.15, 0.2) is 0 Å². The van der Waals surface area contributed by atoms with Crippen molar-refractivity contribution in [2.45, 2.75) is 31.9 Å². The molecule has 0 saturated heterocycles. The van der Waals surface area contributed by atoms with Crippen LogP contribution in [-0.4, -0.2) is 6.61 Å². The number of fused-ring (bicyclic) bond motifs is 1. The summed E-state index contributed by atoms with van der Waals surface area (Å²) >= 11 is 0. The van der Waals surface area contributed by atoms with E-state index in [0.717, 1.165) is 30.4 Å². The Morgan fingerprint density at radius 2 is 2.20 bits per heavy atom. The van der Waals surface area contributed by atoms with Gasteiger partial charge in [0.1, 0.15) is 5.75 Å². The summed E-state index contributed by atoms with van der Waals surface area (Å²) in [4.78, 5) is 0. The topological polar surface area (TPSA) is 35.2 Å². The van der Waals surface area contributed by atoms with Crippen molar-refractivity contribution in [1.82, 2.24) is 0 Å². The maximum absolute atomic E-state index is 12.0. The summed E-state index contributed by atoms with van der Waals surface area (Å²) in [6.45, 7) is -2.78. The van der Waals surface area contributed by atoms with Crippen LogP contribution in [0, 0.1) is 0 Å². The lowest BCUT2D eigenvalue weighted by Crippen LogP contribution is -2.17. The SMILES string of the molecule is NC1CCCc2ccc(OC(F)F)cc21.